The molecule has 0 spiro atoms. The Bertz CT molecular complexity index is 1080. The summed E-state index contributed by atoms with van der Waals surface area (Å²) in [6.45, 7) is 9.44. The van der Waals surface area contributed by atoms with Crippen LogP contribution >= 0.6 is 0 Å². The van der Waals surface area contributed by atoms with Crippen LogP contribution in [0.5, 0.6) is 0 Å². The number of amides is 4. The van der Waals surface area contributed by atoms with E-state index in [-0.39, 0.29) is 31.1 Å². The molecular formula is C31H46N4O7. The van der Waals surface area contributed by atoms with Crippen molar-refractivity contribution in [3.8, 4) is 0 Å². The van der Waals surface area contributed by atoms with E-state index in [4.69, 9.17) is 9.47 Å². The molecule has 0 bridgehead atoms. The van der Waals surface area contributed by atoms with Gasteiger partial charge < -0.3 is 29.9 Å². The molecule has 11 nitrogen and oxygen atoms in total. The Morgan fingerprint density at radius 1 is 0.976 bits per heavy atom. The minimum Gasteiger partial charge on any atom is -0.464 e. The van der Waals surface area contributed by atoms with E-state index >= 15 is 0 Å². The maximum absolute atomic E-state index is 13.0. The second kappa shape index (κ2) is 15.6. The lowest BCUT2D eigenvalue weighted by atomic mass is 9.91. The highest BCUT2D eigenvalue weighted by Gasteiger charge is 2.31. The molecule has 3 rings (SSSR count). The average Bonchev–Trinajstić information content (AvgIpc) is 2.97. The third-order valence-electron chi connectivity index (χ3n) is 7.57. The monoisotopic (exact) mass is 586 g/mol. The number of carbonyl (C=O) groups is 5. The first-order valence-corrected chi connectivity index (χ1v) is 15.0. The van der Waals surface area contributed by atoms with Crippen molar-refractivity contribution in [1.29, 1.82) is 0 Å². The smallest absolute Gasteiger partial charge is 0.410 e. The maximum atomic E-state index is 13.0. The summed E-state index contributed by atoms with van der Waals surface area (Å²) in [5, 5.41) is 5.43. The Morgan fingerprint density at radius 3 is 2.31 bits per heavy atom. The van der Waals surface area contributed by atoms with E-state index in [9.17, 15) is 24.0 Å². The zero-order chi connectivity index (χ0) is 30.7. The zero-order valence-electron chi connectivity index (χ0n) is 25.4. The van der Waals surface area contributed by atoms with Gasteiger partial charge in [0, 0.05) is 44.7 Å². The van der Waals surface area contributed by atoms with Gasteiger partial charge in [-0.1, -0.05) is 18.2 Å². The van der Waals surface area contributed by atoms with Crippen molar-refractivity contribution < 1.29 is 33.4 Å². The van der Waals surface area contributed by atoms with E-state index in [2.05, 4.69) is 10.6 Å². The van der Waals surface area contributed by atoms with E-state index in [0.717, 1.165) is 19.3 Å². The fourth-order valence-electron chi connectivity index (χ4n) is 5.25. The molecule has 0 radical (unpaired) electrons. The van der Waals surface area contributed by atoms with E-state index in [1.54, 1.807) is 47.1 Å². The highest BCUT2D eigenvalue weighted by Crippen LogP contribution is 2.25. The first-order valence-electron chi connectivity index (χ1n) is 15.0. The van der Waals surface area contributed by atoms with Crippen LogP contribution in [-0.2, 0) is 23.9 Å². The molecule has 11 heteroatoms. The van der Waals surface area contributed by atoms with Crippen molar-refractivity contribution in [3.05, 3.63) is 35.9 Å². The standard InChI is InChI=1S/C31H46N4O7/c1-5-41-29(39)25(33-28(38)23-10-7-6-8-11-23)20-32-27(37)24-12-9-17-35(21-24)26(36)14-13-22-15-18-34(19-16-22)30(40)42-31(2,3)4/h6-8,10-11,22,24-25H,5,9,12-21H2,1-4H3,(H,32,37)(H,33,38)/t24-,25+/m1/s1. The van der Waals surface area contributed by atoms with Crippen LogP contribution in [0.4, 0.5) is 4.79 Å². The van der Waals surface area contributed by atoms with E-state index in [1.165, 1.54) is 0 Å². The summed E-state index contributed by atoms with van der Waals surface area (Å²) in [6, 6.07) is 7.47. The van der Waals surface area contributed by atoms with Gasteiger partial charge in [-0.3, -0.25) is 14.4 Å². The number of piperidine rings is 2. The number of likely N-dealkylation sites (tertiary alicyclic amines) is 2. The first kappa shape index (κ1) is 32.9. The Morgan fingerprint density at radius 2 is 1.67 bits per heavy atom. The van der Waals surface area contributed by atoms with Crippen molar-refractivity contribution in [2.75, 3.05) is 39.3 Å². The Labute approximate surface area is 248 Å². The number of benzene rings is 1. The second-order valence-corrected chi connectivity index (χ2v) is 12.0. The zero-order valence-corrected chi connectivity index (χ0v) is 25.4. The molecular weight excluding hydrogens is 540 g/mol. The number of esters is 1. The van der Waals surface area contributed by atoms with Gasteiger partial charge >= 0.3 is 12.1 Å². The Balaban J connectivity index is 1.44. The number of rotatable bonds is 10. The molecule has 42 heavy (non-hydrogen) atoms. The predicted octanol–water partition coefficient (Wildman–Crippen LogP) is 3.13. The van der Waals surface area contributed by atoms with Crippen molar-refractivity contribution in [1.82, 2.24) is 20.4 Å². The fourth-order valence-corrected chi connectivity index (χ4v) is 5.25. The van der Waals surface area contributed by atoms with Gasteiger partial charge in [0.2, 0.25) is 11.8 Å². The van der Waals surface area contributed by atoms with Crippen LogP contribution in [0, 0.1) is 11.8 Å². The molecule has 2 fully saturated rings. The van der Waals surface area contributed by atoms with E-state index in [1.807, 2.05) is 20.8 Å². The van der Waals surface area contributed by atoms with Crippen LogP contribution in [0.3, 0.4) is 0 Å². The lowest BCUT2D eigenvalue weighted by Crippen LogP contribution is -2.51. The number of nitrogens with zero attached hydrogens (tertiary/aromatic N) is 2. The van der Waals surface area contributed by atoms with Gasteiger partial charge in [-0.25, -0.2) is 9.59 Å². The van der Waals surface area contributed by atoms with Crippen molar-refractivity contribution in [2.24, 2.45) is 11.8 Å². The molecule has 1 aromatic rings. The average molecular weight is 587 g/mol. The molecule has 0 aromatic heterocycles. The number of ether oxygens (including phenoxy) is 2. The van der Waals surface area contributed by atoms with Crippen molar-refractivity contribution in [3.63, 3.8) is 0 Å². The highest BCUT2D eigenvalue weighted by atomic mass is 16.6. The summed E-state index contributed by atoms with van der Waals surface area (Å²) in [7, 11) is 0. The number of hydrogen-bond acceptors (Lipinski definition) is 7. The summed E-state index contributed by atoms with van der Waals surface area (Å²) >= 11 is 0. The Kier molecular flexibility index (Phi) is 12.2. The molecule has 0 aliphatic carbocycles. The van der Waals surface area contributed by atoms with Crippen LogP contribution in [0.2, 0.25) is 0 Å². The molecule has 2 heterocycles. The fraction of sp³-hybridized carbons (Fsp3) is 0.645. The van der Waals surface area contributed by atoms with Crippen LogP contribution < -0.4 is 10.6 Å². The maximum Gasteiger partial charge on any atom is 0.410 e. The summed E-state index contributed by atoms with van der Waals surface area (Å²) in [4.78, 5) is 66.9. The van der Waals surface area contributed by atoms with Gasteiger partial charge in [0.05, 0.1) is 12.5 Å². The molecule has 2 saturated heterocycles. The minimum absolute atomic E-state index is 0.0293. The van der Waals surface area contributed by atoms with Crippen molar-refractivity contribution >= 4 is 29.8 Å². The van der Waals surface area contributed by atoms with Gasteiger partial charge in [-0.2, -0.15) is 0 Å². The first-order chi connectivity index (χ1) is 20.0. The van der Waals surface area contributed by atoms with Gasteiger partial charge in [0.25, 0.3) is 5.91 Å². The SMILES string of the molecule is CCOC(=O)[C@H](CNC(=O)[C@@H]1CCCN(C(=O)CCC2CCN(C(=O)OC(C)(C)C)CC2)C1)NC(=O)c1ccccc1. The van der Waals surface area contributed by atoms with Crippen LogP contribution in [-0.4, -0.2) is 90.6 Å². The highest BCUT2D eigenvalue weighted by molar-refractivity contribution is 5.97. The topological polar surface area (TPSA) is 134 Å². The molecule has 2 aliphatic rings. The van der Waals surface area contributed by atoms with E-state index in [0.29, 0.717) is 56.9 Å². The van der Waals surface area contributed by atoms with E-state index < -0.39 is 29.4 Å². The van der Waals surface area contributed by atoms with Gasteiger partial charge in [-0.05, 0) is 77.8 Å². The third-order valence-corrected chi connectivity index (χ3v) is 7.57. The quantitative estimate of drug-likeness (QED) is 0.402. The minimum atomic E-state index is -1.04. The normalized spacial score (nSPS) is 18.5. The third kappa shape index (κ3) is 10.3. The molecule has 2 aliphatic heterocycles. The number of nitrogens with one attached hydrogen (secondary N) is 2. The molecule has 4 amide bonds. The van der Waals surface area contributed by atoms with Gasteiger partial charge in [0.1, 0.15) is 11.6 Å². The molecule has 1 aromatic carbocycles. The molecule has 0 unspecified atom stereocenters. The van der Waals surface area contributed by atoms with Crippen LogP contribution in [0.1, 0.15) is 76.6 Å². The number of hydrogen-bond donors (Lipinski definition) is 2. The van der Waals surface area contributed by atoms with Gasteiger partial charge in [-0.15, -0.1) is 0 Å². The summed E-state index contributed by atoms with van der Waals surface area (Å²) in [5.41, 5.74) is -0.127. The lowest BCUT2D eigenvalue weighted by molar-refractivity contribution is -0.145. The van der Waals surface area contributed by atoms with Gasteiger partial charge in [0.15, 0.2) is 0 Å². The largest absolute Gasteiger partial charge is 0.464 e. The number of carbonyl (C=O) groups excluding carboxylic acids is 5. The Hall–Kier alpha value is -3.63. The summed E-state index contributed by atoms with van der Waals surface area (Å²) in [5.74, 6) is -1.32. The molecule has 0 saturated carbocycles. The lowest BCUT2D eigenvalue weighted by Gasteiger charge is -2.34. The van der Waals surface area contributed by atoms with Crippen molar-refractivity contribution in [2.45, 2.75) is 77.9 Å². The molecule has 2 atom stereocenters. The second-order valence-electron chi connectivity index (χ2n) is 12.0. The molecule has 2 N–H and O–H groups in total. The molecule has 232 valence electrons. The predicted molar refractivity (Wildman–Crippen MR) is 156 cm³/mol. The van der Waals surface area contributed by atoms with Crippen LogP contribution in [0.25, 0.3) is 0 Å². The summed E-state index contributed by atoms with van der Waals surface area (Å²) < 4.78 is 10.6. The summed E-state index contributed by atoms with van der Waals surface area (Å²) in [6.07, 6.45) is 3.88. The van der Waals surface area contributed by atoms with Crippen LogP contribution in [0.15, 0.2) is 30.3 Å².